The molecule has 2 rings (SSSR count). The van der Waals surface area contributed by atoms with Gasteiger partial charge in [0.2, 0.25) is 0 Å². The van der Waals surface area contributed by atoms with Crippen LogP contribution in [0.4, 0.5) is 24.5 Å². The zero-order chi connectivity index (χ0) is 23.3. The van der Waals surface area contributed by atoms with Crippen molar-refractivity contribution in [2.24, 2.45) is 0 Å². The molecule has 0 aromatic heterocycles. The van der Waals surface area contributed by atoms with E-state index in [2.05, 4.69) is 10.1 Å². The molecule has 0 spiro atoms. The highest BCUT2D eigenvalue weighted by molar-refractivity contribution is 5.99. The van der Waals surface area contributed by atoms with E-state index in [1.54, 1.807) is 0 Å². The minimum atomic E-state index is -4.54. The number of nitro benzene ring substituents is 1. The monoisotopic (exact) mass is 440 g/mol. The summed E-state index contributed by atoms with van der Waals surface area (Å²) in [5.74, 6) is -2.92. The normalized spacial score (nSPS) is 11.9. The van der Waals surface area contributed by atoms with Crippen LogP contribution in [0.1, 0.15) is 33.2 Å². The summed E-state index contributed by atoms with van der Waals surface area (Å²) in [4.78, 5) is 46.3. The molecule has 0 aliphatic carbocycles. The number of hydrogen-bond donors (Lipinski definition) is 1. The summed E-state index contributed by atoms with van der Waals surface area (Å²) in [5.41, 5.74) is -2.09. The summed E-state index contributed by atoms with van der Waals surface area (Å²) in [5, 5.41) is 13.3. The van der Waals surface area contributed by atoms with Gasteiger partial charge in [0, 0.05) is 17.8 Å². The lowest BCUT2D eigenvalue weighted by atomic mass is 10.1. The van der Waals surface area contributed by atoms with Gasteiger partial charge in [0.25, 0.3) is 11.6 Å². The number of nitrogens with zero attached hydrogens (tertiary/aromatic N) is 1. The Hall–Kier alpha value is -3.96. The third kappa shape index (κ3) is 6.01. The second-order valence-corrected chi connectivity index (χ2v) is 6.13. The molecule has 31 heavy (non-hydrogen) atoms. The SMILES string of the molecule is COC(=O)c1cc(C(=O)O[C@H](C)C(=O)Nc2ccc(C(F)(F)F)cc2)cc([N+](=O)[O-])c1. The van der Waals surface area contributed by atoms with Gasteiger partial charge in [-0.1, -0.05) is 0 Å². The van der Waals surface area contributed by atoms with Crippen molar-refractivity contribution in [2.45, 2.75) is 19.2 Å². The lowest BCUT2D eigenvalue weighted by molar-refractivity contribution is -0.384. The van der Waals surface area contributed by atoms with E-state index in [1.165, 1.54) is 6.92 Å². The second kappa shape index (κ2) is 9.24. The van der Waals surface area contributed by atoms with Crippen molar-refractivity contribution in [1.29, 1.82) is 0 Å². The lowest BCUT2D eigenvalue weighted by Gasteiger charge is -2.14. The molecular weight excluding hydrogens is 425 g/mol. The number of non-ortho nitro benzene ring substituents is 1. The summed E-state index contributed by atoms with van der Waals surface area (Å²) >= 11 is 0. The molecule has 164 valence electrons. The third-order valence-electron chi connectivity index (χ3n) is 3.92. The van der Waals surface area contributed by atoms with E-state index < -0.39 is 46.3 Å². The van der Waals surface area contributed by atoms with Crippen LogP contribution in [0.3, 0.4) is 0 Å². The van der Waals surface area contributed by atoms with Gasteiger partial charge in [-0.2, -0.15) is 13.2 Å². The molecule has 1 atom stereocenters. The number of benzene rings is 2. The number of amides is 1. The first-order valence-electron chi connectivity index (χ1n) is 8.49. The number of carbonyl (C=O) groups excluding carboxylic acids is 3. The average Bonchev–Trinajstić information content (AvgIpc) is 2.72. The Labute approximate surface area is 172 Å². The Morgan fingerprint density at radius 3 is 2.06 bits per heavy atom. The van der Waals surface area contributed by atoms with Gasteiger partial charge in [-0.15, -0.1) is 0 Å². The van der Waals surface area contributed by atoms with E-state index in [0.29, 0.717) is 0 Å². The van der Waals surface area contributed by atoms with Crippen LogP contribution in [0.15, 0.2) is 42.5 Å². The van der Waals surface area contributed by atoms with Crippen molar-refractivity contribution >= 4 is 29.2 Å². The molecule has 0 fully saturated rings. The molecule has 0 bridgehead atoms. The molecule has 0 saturated heterocycles. The number of carbonyl (C=O) groups is 3. The topological polar surface area (TPSA) is 125 Å². The summed E-state index contributed by atoms with van der Waals surface area (Å²) in [6.45, 7) is 1.19. The maximum atomic E-state index is 12.6. The molecule has 1 amide bonds. The van der Waals surface area contributed by atoms with Crippen molar-refractivity contribution in [1.82, 2.24) is 0 Å². The van der Waals surface area contributed by atoms with Crippen LogP contribution in [-0.4, -0.2) is 36.0 Å². The number of rotatable bonds is 6. The minimum absolute atomic E-state index is 0.0317. The van der Waals surface area contributed by atoms with Crippen molar-refractivity contribution in [3.8, 4) is 0 Å². The molecule has 9 nitrogen and oxygen atoms in total. The summed E-state index contributed by atoms with van der Waals surface area (Å²) in [6.07, 6.45) is -5.94. The maximum Gasteiger partial charge on any atom is 0.416 e. The molecule has 0 aliphatic rings. The van der Waals surface area contributed by atoms with Crippen LogP contribution in [0.25, 0.3) is 0 Å². The fourth-order valence-corrected chi connectivity index (χ4v) is 2.34. The first-order chi connectivity index (χ1) is 14.4. The second-order valence-electron chi connectivity index (χ2n) is 6.13. The highest BCUT2D eigenvalue weighted by atomic mass is 19.4. The summed E-state index contributed by atoms with van der Waals surface area (Å²) in [7, 11) is 1.05. The molecule has 0 radical (unpaired) electrons. The van der Waals surface area contributed by atoms with Crippen molar-refractivity contribution in [3.05, 3.63) is 69.3 Å². The van der Waals surface area contributed by atoms with Gasteiger partial charge in [-0.3, -0.25) is 14.9 Å². The van der Waals surface area contributed by atoms with E-state index in [-0.39, 0.29) is 16.8 Å². The summed E-state index contributed by atoms with van der Waals surface area (Å²) < 4.78 is 47.2. The van der Waals surface area contributed by atoms with E-state index in [9.17, 15) is 37.7 Å². The molecule has 0 unspecified atom stereocenters. The lowest BCUT2D eigenvalue weighted by Crippen LogP contribution is -2.30. The zero-order valence-corrected chi connectivity index (χ0v) is 16.1. The number of methoxy groups -OCH3 is 1. The Morgan fingerprint density at radius 2 is 1.58 bits per heavy atom. The largest absolute Gasteiger partial charge is 0.465 e. The van der Waals surface area contributed by atoms with Gasteiger partial charge in [0.15, 0.2) is 6.10 Å². The number of ether oxygens (including phenoxy) is 2. The van der Waals surface area contributed by atoms with Crippen LogP contribution >= 0.6 is 0 Å². The first-order valence-corrected chi connectivity index (χ1v) is 8.49. The Morgan fingerprint density at radius 1 is 1.03 bits per heavy atom. The van der Waals surface area contributed by atoms with E-state index in [0.717, 1.165) is 49.6 Å². The summed E-state index contributed by atoms with van der Waals surface area (Å²) in [6, 6.07) is 6.35. The number of halogens is 3. The van der Waals surface area contributed by atoms with E-state index >= 15 is 0 Å². The number of nitrogens with one attached hydrogen (secondary N) is 1. The van der Waals surface area contributed by atoms with Crippen LogP contribution in [0.5, 0.6) is 0 Å². The van der Waals surface area contributed by atoms with Gasteiger partial charge in [0.05, 0.1) is 28.7 Å². The Kier molecular flexibility index (Phi) is 6.95. The first kappa shape index (κ1) is 23.3. The molecular formula is C19H15F3N2O7. The highest BCUT2D eigenvalue weighted by Crippen LogP contribution is 2.29. The molecule has 2 aromatic rings. The van der Waals surface area contributed by atoms with Gasteiger partial charge in [-0.25, -0.2) is 9.59 Å². The average molecular weight is 440 g/mol. The predicted octanol–water partition coefficient (Wildman–Crippen LogP) is 3.58. The van der Waals surface area contributed by atoms with Crippen LogP contribution in [0.2, 0.25) is 0 Å². The van der Waals surface area contributed by atoms with Gasteiger partial charge < -0.3 is 14.8 Å². The highest BCUT2D eigenvalue weighted by Gasteiger charge is 2.30. The van der Waals surface area contributed by atoms with Gasteiger partial charge >= 0.3 is 18.1 Å². The molecule has 0 saturated carbocycles. The number of alkyl halides is 3. The van der Waals surface area contributed by atoms with Gasteiger partial charge in [-0.05, 0) is 37.3 Å². The van der Waals surface area contributed by atoms with Gasteiger partial charge in [0.1, 0.15) is 0 Å². The number of nitro groups is 1. The zero-order valence-electron chi connectivity index (χ0n) is 16.1. The number of anilines is 1. The van der Waals surface area contributed by atoms with Crippen molar-refractivity contribution < 1.29 is 42.0 Å². The Balaban J connectivity index is 2.12. The standard InChI is InChI=1S/C19H15F3N2O7/c1-10(16(25)23-14-5-3-13(4-6-14)19(20,21)22)31-18(27)12-7-11(17(26)30-2)8-15(9-12)24(28)29/h3-10H,1-2H3,(H,23,25)/t10-/m1/s1. The fourth-order valence-electron chi connectivity index (χ4n) is 2.34. The van der Waals surface area contributed by atoms with Crippen LogP contribution < -0.4 is 5.32 Å². The molecule has 12 heteroatoms. The molecule has 0 heterocycles. The van der Waals surface area contributed by atoms with Crippen molar-refractivity contribution in [2.75, 3.05) is 12.4 Å². The molecule has 1 N–H and O–H groups in total. The maximum absolute atomic E-state index is 12.6. The molecule has 0 aliphatic heterocycles. The fraction of sp³-hybridized carbons (Fsp3) is 0.211. The quantitative estimate of drug-likeness (QED) is 0.413. The minimum Gasteiger partial charge on any atom is -0.465 e. The number of hydrogen-bond acceptors (Lipinski definition) is 7. The third-order valence-corrected chi connectivity index (χ3v) is 3.92. The number of esters is 2. The Bertz CT molecular complexity index is 1020. The van der Waals surface area contributed by atoms with Crippen molar-refractivity contribution in [3.63, 3.8) is 0 Å². The molecule has 2 aromatic carbocycles. The van der Waals surface area contributed by atoms with E-state index in [4.69, 9.17) is 4.74 Å². The smallest absolute Gasteiger partial charge is 0.416 e. The van der Waals surface area contributed by atoms with Crippen LogP contribution in [0, 0.1) is 10.1 Å². The predicted molar refractivity (Wildman–Crippen MR) is 99.4 cm³/mol. The van der Waals surface area contributed by atoms with Crippen LogP contribution in [-0.2, 0) is 20.4 Å². The van der Waals surface area contributed by atoms with E-state index in [1.807, 2.05) is 0 Å².